The molecule has 0 atom stereocenters. The van der Waals surface area contributed by atoms with Gasteiger partial charge in [0.2, 0.25) is 0 Å². The van der Waals surface area contributed by atoms with Crippen LogP contribution in [0.25, 0.3) is 0 Å². The van der Waals surface area contributed by atoms with Gasteiger partial charge in [0.15, 0.2) is 0 Å². The van der Waals surface area contributed by atoms with Gasteiger partial charge in [0.25, 0.3) is 0 Å². The number of aromatic nitrogens is 1. The van der Waals surface area contributed by atoms with Gasteiger partial charge >= 0.3 is 0 Å². The summed E-state index contributed by atoms with van der Waals surface area (Å²) in [5.74, 6) is 3.37. The summed E-state index contributed by atoms with van der Waals surface area (Å²) in [6, 6.07) is 11.4. The number of rotatable bonds is 2. The number of halogens is 1. The van der Waals surface area contributed by atoms with Gasteiger partial charge in [0, 0.05) is 17.4 Å². The molecule has 0 spiro atoms. The summed E-state index contributed by atoms with van der Waals surface area (Å²) in [5.41, 5.74) is 1.77. The highest BCUT2D eigenvalue weighted by Gasteiger charge is 2.00. The van der Waals surface area contributed by atoms with Crippen LogP contribution in [0.4, 0.5) is 11.5 Å². The van der Waals surface area contributed by atoms with Crippen molar-refractivity contribution in [3.05, 3.63) is 52.6 Å². The zero-order valence-corrected chi connectivity index (χ0v) is 10.0. The van der Waals surface area contributed by atoms with E-state index in [1.165, 1.54) is 0 Å². The highest BCUT2D eigenvalue weighted by atomic mass is 79.9. The fraction of sp³-hybridized carbons (Fsp3) is 0. The largest absolute Gasteiger partial charge is 0.339 e. The highest BCUT2D eigenvalue weighted by molar-refractivity contribution is 9.10. The Morgan fingerprint density at radius 1 is 1.25 bits per heavy atom. The third-order valence-electron chi connectivity index (χ3n) is 2.05. The summed E-state index contributed by atoms with van der Waals surface area (Å²) >= 11 is 3.42. The summed E-state index contributed by atoms with van der Waals surface area (Å²) < 4.78 is 0.918. The minimum absolute atomic E-state index is 0.775. The van der Waals surface area contributed by atoms with Crippen molar-refractivity contribution in [1.29, 1.82) is 0 Å². The molecule has 0 saturated carbocycles. The van der Waals surface area contributed by atoms with E-state index in [4.69, 9.17) is 6.42 Å². The molecule has 0 aliphatic rings. The number of anilines is 2. The van der Waals surface area contributed by atoms with Gasteiger partial charge in [-0.2, -0.15) is 0 Å². The van der Waals surface area contributed by atoms with Gasteiger partial charge in [0.05, 0.1) is 4.47 Å². The lowest BCUT2D eigenvalue weighted by molar-refractivity contribution is 1.29. The van der Waals surface area contributed by atoms with Crippen molar-refractivity contribution < 1.29 is 0 Å². The molecule has 0 fully saturated rings. The molecule has 0 saturated heterocycles. The molecule has 3 heteroatoms. The number of pyridine rings is 1. The van der Waals surface area contributed by atoms with Crippen LogP contribution >= 0.6 is 15.9 Å². The van der Waals surface area contributed by atoms with E-state index in [1.807, 2.05) is 36.4 Å². The minimum atomic E-state index is 0.775. The fourth-order valence-corrected chi connectivity index (χ4v) is 1.66. The normalized spacial score (nSPS) is 9.50. The topological polar surface area (TPSA) is 24.9 Å². The second-order valence-electron chi connectivity index (χ2n) is 3.18. The second-order valence-corrected chi connectivity index (χ2v) is 4.04. The maximum Gasteiger partial charge on any atom is 0.144 e. The molecule has 1 N–H and O–H groups in total. The maximum atomic E-state index is 5.34. The Bertz CT molecular complexity index is 544. The van der Waals surface area contributed by atoms with Crippen molar-refractivity contribution in [3.8, 4) is 12.3 Å². The van der Waals surface area contributed by atoms with Crippen molar-refractivity contribution >= 4 is 27.4 Å². The average Bonchev–Trinajstić information content (AvgIpc) is 2.32. The first-order chi connectivity index (χ1) is 7.79. The van der Waals surface area contributed by atoms with Crippen LogP contribution in [0.3, 0.4) is 0 Å². The fourth-order valence-electron chi connectivity index (χ4n) is 1.30. The molecule has 0 amide bonds. The lowest BCUT2D eigenvalue weighted by Crippen LogP contribution is -1.94. The highest BCUT2D eigenvalue weighted by Crippen LogP contribution is 2.23. The molecule has 1 heterocycles. The quantitative estimate of drug-likeness (QED) is 0.846. The van der Waals surface area contributed by atoms with Gasteiger partial charge in [-0.1, -0.05) is 12.0 Å². The molecule has 0 radical (unpaired) electrons. The Hall–Kier alpha value is -1.79. The van der Waals surface area contributed by atoms with Gasteiger partial charge in [-0.15, -0.1) is 6.42 Å². The predicted octanol–water partition coefficient (Wildman–Crippen LogP) is 3.57. The van der Waals surface area contributed by atoms with Crippen LogP contribution < -0.4 is 5.32 Å². The van der Waals surface area contributed by atoms with Crippen molar-refractivity contribution in [3.63, 3.8) is 0 Å². The van der Waals surface area contributed by atoms with Crippen LogP contribution in [-0.2, 0) is 0 Å². The number of hydrogen-bond acceptors (Lipinski definition) is 2. The van der Waals surface area contributed by atoms with Gasteiger partial charge in [0.1, 0.15) is 5.82 Å². The first-order valence-corrected chi connectivity index (χ1v) is 5.53. The lowest BCUT2D eigenvalue weighted by atomic mass is 10.2. The van der Waals surface area contributed by atoms with E-state index in [2.05, 4.69) is 32.2 Å². The van der Waals surface area contributed by atoms with E-state index in [9.17, 15) is 0 Å². The summed E-state index contributed by atoms with van der Waals surface area (Å²) in [6.45, 7) is 0. The monoisotopic (exact) mass is 272 g/mol. The molecule has 16 heavy (non-hydrogen) atoms. The van der Waals surface area contributed by atoms with Crippen LogP contribution in [-0.4, -0.2) is 4.98 Å². The molecule has 0 aliphatic heterocycles. The lowest BCUT2D eigenvalue weighted by Gasteiger charge is -2.07. The smallest absolute Gasteiger partial charge is 0.144 e. The van der Waals surface area contributed by atoms with Crippen molar-refractivity contribution in [2.24, 2.45) is 0 Å². The third-order valence-corrected chi connectivity index (χ3v) is 2.69. The number of hydrogen-bond donors (Lipinski definition) is 1. The molecule has 2 aromatic rings. The molecule has 1 aromatic heterocycles. The van der Waals surface area contributed by atoms with Crippen LogP contribution in [0, 0.1) is 12.3 Å². The summed E-state index contributed by atoms with van der Waals surface area (Å²) in [6.07, 6.45) is 7.07. The zero-order valence-electron chi connectivity index (χ0n) is 8.44. The molecular formula is C13H9BrN2. The van der Waals surface area contributed by atoms with Crippen LogP contribution in [0.15, 0.2) is 47.1 Å². The SMILES string of the molecule is C#Cc1cccc(Nc2ncccc2Br)c1. The average molecular weight is 273 g/mol. The second kappa shape index (κ2) is 4.82. The summed E-state index contributed by atoms with van der Waals surface area (Å²) in [7, 11) is 0. The molecule has 0 unspecified atom stereocenters. The minimum Gasteiger partial charge on any atom is -0.339 e. The number of nitrogens with zero attached hydrogens (tertiary/aromatic N) is 1. The summed E-state index contributed by atoms with van der Waals surface area (Å²) in [4.78, 5) is 4.22. The van der Waals surface area contributed by atoms with Gasteiger partial charge in [-0.25, -0.2) is 4.98 Å². The number of terminal acetylenes is 1. The van der Waals surface area contributed by atoms with E-state index in [-0.39, 0.29) is 0 Å². The van der Waals surface area contributed by atoms with E-state index < -0.39 is 0 Å². The Morgan fingerprint density at radius 3 is 2.88 bits per heavy atom. The van der Waals surface area contributed by atoms with Crippen molar-refractivity contribution in [2.75, 3.05) is 5.32 Å². The third kappa shape index (κ3) is 2.41. The van der Waals surface area contributed by atoms with Crippen LogP contribution in [0.2, 0.25) is 0 Å². The molecule has 78 valence electrons. The molecule has 0 aliphatic carbocycles. The molecule has 2 nitrogen and oxygen atoms in total. The zero-order chi connectivity index (χ0) is 11.4. The maximum absolute atomic E-state index is 5.34. The first-order valence-electron chi connectivity index (χ1n) is 4.74. The number of nitrogens with one attached hydrogen (secondary N) is 1. The van der Waals surface area contributed by atoms with Gasteiger partial charge in [-0.05, 0) is 46.3 Å². The Labute approximate surface area is 103 Å². The molecule has 0 bridgehead atoms. The Balaban J connectivity index is 2.28. The summed E-state index contributed by atoms with van der Waals surface area (Å²) in [5, 5.41) is 3.19. The molecule has 1 aromatic carbocycles. The molecular weight excluding hydrogens is 264 g/mol. The van der Waals surface area contributed by atoms with Crippen LogP contribution in [0.1, 0.15) is 5.56 Å². The Morgan fingerprint density at radius 2 is 2.12 bits per heavy atom. The van der Waals surface area contributed by atoms with Crippen molar-refractivity contribution in [1.82, 2.24) is 4.98 Å². The standard InChI is InChI=1S/C13H9BrN2/c1-2-10-5-3-6-11(9-10)16-13-12(14)7-4-8-15-13/h1,3-9H,(H,15,16). The van der Waals surface area contributed by atoms with Crippen LogP contribution in [0.5, 0.6) is 0 Å². The first kappa shape index (κ1) is 10.7. The Kier molecular flexibility index (Phi) is 3.23. The van der Waals surface area contributed by atoms with Crippen molar-refractivity contribution in [2.45, 2.75) is 0 Å². The van der Waals surface area contributed by atoms with E-state index in [0.29, 0.717) is 0 Å². The van der Waals surface area contributed by atoms with Gasteiger partial charge < -0.3 is 5.32 Å². The predicted molar refractivity (Wildman–Crippen MR) is 69.6 cm³/mol. The van der Waals surface area contributed by atoms with Gasteiger partial charge in [-0.3, -0.25) is 0 Å². The van der Waals surface area contributed by atoms with E-state index in [0.717, 1.165) is 21.5 Å². The van der Waals surface area contributed by atoms with E-state index in [1.54, 1.807) is 6.20 Å². The van der Waals surface area contributed by atoms with E-state index >= 15 is 0 Å². The molecule has 2 rings (SSSR count). The number of benzene rings is 1.